The highest BCUT2D eigenvalue weighted by Gasteiger charge is 2.14. The normalized spacial score (nSPS) is 17.1. The van der Waals surface area contributed by atoms with Gasteiger partial charge in [-0.15, -0.1) is 0 Å². The van der Waals surface area contributed by atoms with Crippen molar-refractivity contribution in [3.8, 4) is 0 Å². The third-order valence-electron chi connectivity index (χ3n) is 2.38. The first-order valence-corrected chi connectivity index (χ1v) is 4.87. The van der Waals surface area contributed by atoms with Gasteiger partial charge in [-0.2, -0.15) is 0 Å². The Morgan fingerprint density at radius 3 is 3.00 bits per heavy atom. The van der Waals surface area contributed by atoms with Crippen LogP contribution in [0.2, 0.25) is 0 Å². The molecule has 0 aromatic rings. The maximum Gasteiger partial charge on any atom is 0.222 e. The molecule has 1 heterocycles. The lowest BCUT2D eigenvalue weighted by Crippen LogP contribution is -2.34. The maximum atomic E-state index is 11.5. The van der Waals surface area contributed by atoms with Crippen LogP contribution in [0.5, 0.6) is 0 Å². The van der Waals surface area contributed by atoms with Gasteiger partial charge in [-0.1, -0.05) is 11.6 Å². The molecule has 0 unspecified atom stereocenters. The number of rotatable bonds is 3. The second kappa shape index (κ2) is 5.02. The SMILES string of the molecule is CC1=CCN(C(=O)CCCN)CC1. The van der Waals surface area contributed by atoms with Gasteiger partial charge < -0.3 is 10.6 Å². The predicted octanol–water partition coefficient (Wildman–Crippen LogP) is 0.904. The fraction of sp³-hybridized carbons (Fsp3) is 0.700. The van der Waals surface area contributed by atoms with E-state index in [0.717, 1.165) is 25.9 Å². The number of carbonyl (C=O) groups is 1. The highest BCUT2D eigenvalue weighted by atomic mass is 16.2. The molecule has 3 heteroatoms. The van der Waals surface area contributed by atoms with Crippen molar-refractivity contribution in [1.29, 1.82) is 0 Å². The number of hydrogen-bond acceptors (Lipinski definition) is 2. The smallest absolute Gasteiger partial charge is 0.222 e. The fourth-order valence-electron chi connectivity index (χ4n) is 1.41. The van der Waals surface area contributed by atoms with Gasteiger partial charge in [-0.05, 0) is 26.3 Å². The van der Waals surface area contributed by atoms with Gasteiger partial charge in [0.25, 0.3) is 0 Å². The van der Waals surface area contributed by atoms with E-state index in [9.17, 15) is 4.79 Å². The van der Waals surface area contributed by atoms with E-state index in [2.05, 4.69) is 13.0 Å². The van der Waals surface area contributed by atoms with Crippen molar-refractivity contribution in [2.45, 2.75) is 26.2 Å². The van der Waals surface area contributed by atoms with Crippen LogP contribution in [0.15, 0.2) is 11.6 Å². The fourth-order valence-corrected chi connectivity index (χ4v) is 1.41. The molecule has 0 aromatic carbocycles. The molecule has 0 aliphatic carbocycles. The van der Waals surface area contributed by atoms with Gasteiger partial charge in [-0.3, -0.25) is 4.79 Å². The molecule has 0 atom stereocenters. The van der Waals surface area contributed by atoms with Crippen LogP contribution in [-0.2, 0) is 4.79 Å². The maximum absolute atomic E-state index is 11.5. The summed E-state index contributed by atoms with van der Waals surface area (Å²) in [6, 6.07) is 0. The van der Waals surface area contributed by atoms with Crippen LogP contribution in [0.25, 0.3) is 0 Å². The summed E-state index contributed by atoms with van der Waals surface area (Å²) < 4.78 is 0. The van der Waals surface area contributed by atoms with E-state index >= 15 is 0 Å². The molecule has 0 bridgehead atoms. The standard InChI is InChI=1S/C10H18N2O/c1-9-4-7-12(8-5-9)10(13)3-2-6-11/h4H,2-3,5-8,11H2,1H3. The highest BCUT2D eigenvalue weighted by molar-refractivity contribution is 5.76. The van der Waals surface area contributed by atoms with Crippen molar-refractivity contribution in [3.05, 3.63) is 11.6 Å². The average Bonchev–Trinajstić information content (AvgIpc) is 2.15. The molecule has 1 rings (SSSR count). The number of carbonyl (C=O) groups excluding carboxylic acids is 1. The first-order chi connectivity index (χ1) is 6.24. The number of amides is 1. The summed E-state index contributed by atoms with van der Waals surface area (Å²) in [6.45, 7) is 4.39. The van der Waals surface area contributed by atoms with E-state index in [1.165, 1.54) is 5.57 Å². The zero-order valence-corrected chi connectivity index (χ0v) is 8.25. The quantitative estimate of drug-likeness (QED) is 0.659. The van der Waals surface area contributed by atoms with E-state index < -0.39 is 0 Å². The Labute approximate surface area is 79.6 Å². The van der Waals surface area contributed by atoms with Gasteiger partial charge in [-0.25, -0.2) is 0 Å². The molecule has 3 nitrogen and oxygen atoms in total. The second-order valence-corrected chi connectivity index (χ2v) is 3.53. The summed E-state index contributed by atoms with van der Waals surface area (Å²) in [7, 11) is 0. The second-order valence-electron chi connectivity index (χ2n) is 3.53. The third kappa shape index (κ3) is 3.19. The number of nitrogens with zero attached hydrogens (tertiary/aromatic N) is 1. The van der Waals surface area contributed by atoms with Crippen LogP contribution >= 0.6 is 0 Å². The Kier molecular flexibility index (Phi) is 3.96. The lowest BCUT2D eigenvalue weighted by Gasteiger charge is -2.25. The summed E-state index contributed by atoms with van der Waals surface area (Å²) >= 11 is 0. The van der Waals surface area contributed by atoms with Crippen molar-refractivity contribution in [3.63, 3.8) is 0 Å². The van der Waals surface area contributed by atoms with Gasteiger partial charge in [0.15, 0.2) is 0 Å². The molecule has 74 valence electrons. The van der Waals surface area contributed by atoms with Crippen LogP contribution in [0, 0.1) is 0 Å². The Morgan fingerprint density at radius 2 is 2.46 bits per heavy atom. The highest BCUT2D eigenvalue weighted by Crippen LogP contribution is 2.10. The van der Waals surface area contributed by atoms with E-state index in [1.807, 2.05) is 4.90 Å². The molecular weight excluding hydrogens is 164 g/mol. The van der Waals surface area contributed by atoms with E-state index in [1.54, 1.807) is 0 Å². The van der Waals surface area contributed by atoms with Crippen LogP contribution in [0.3, 0.4) is 0 Å². The van der Waals surface area contributed by atoms with Gasteiger partial charge in [0, 0.05) is 19.5 Å². The molecular formula is C10H18N2O. The van der Waals surface area contributed by atoms with E-state index in [4.69, 9.17) is 5.73 Å². The molecule has 0 fully saturated rings. The Balaban J connectivity index is 2.32. The van der Waals surface area contributed by atoms with Crippen LogP contribution in [0.1, 0.15) is 26.2 Å². The summed E-state index contributed by atoms with van der Waals surface area (Å²) in [4.78, 5) is 13.4. The average molecular weight is 182 g/mol. The third-order valence-corrected chi connectivity index (χ3v) is 2.38. The molecule has 0 saturated heterocycles. The van der Waals surface area contributed by atoms with Crippen LogP contribution in [0.4, 0.5) is 0 Å². The molecule has 1 aliphatic rings. The number of hydrogen-bond donors (Lipinski definition) is 1. The minimum Gasteiger partial charge on any atom is -0.339 e. The zero-order valence-electron chi connectivity index (χ0n) is 8.25. The lowest BCUT2D eigenvalue weighted by molar-refractivity contribution is -0.130. The lowest BCUT2D eigenvalue weighted by atomic mass is 10.1. The topological polar surface area (TPSA) is 46.3 Å². The van der Waals surface area contributed by atoms with Crippen molar-refractivity contribution < 1.29 is 4.79 Å². The molecule has 0 saturated carbocycles. The molecule has 0 spiro atoms. The van der Waals surface area contributed by atoms with Crippen molar-refractivity contribution in [1.82, 2.24) is 4.90 Å². The van der Waals surface area contributed by atoms with Crippen molar-refractivity contribution >= 4 is 5.91 Å². The van der Waals surface area contributed by atoms with Crippen molar-refractivity contribution in [2.75, 3.05) is 19.6 Å². The molecule has 1 amide bonds. The summed E-state index contributed by atoms with van der Waals surface area (Å²) in [5.74, 6) is 0.245. The van der Waals surface area contributed by atoms with E-state index in [-0.39, 0.29) is 5.91 Å². The molecule has 0 radical (unpaired) electrons. The van der Waals surface area contributed by atoms with E-state index in [0.29, 0.717) is 13.0 Å². The molecule has 2 N–H and O–H groups in total. The first kappa shape index (κ1) is 10.3. The molecule has 1 aliphatic heterocycles. The van der Waals surface area contributed by atoms with Gasteiger partial charge in [0.1, 0.15) is 0 Å². The van der Waals surface area contributed by atoms with Gasteiger partial charge >= 0.3 is 0 Å². The summed E-state index contributed by atoms with van der Waals surface area (Å²) in [5.41, 5.74) is 6.74. The first-order valence-electron chi connectivity index (χ1n) is 4.87. The van der Waals surface area contributed by atoms with Gasteiger partial charge in [0.2, 0.25) is 5.91 Å². The molecule has 13 heavy (non-hydrogen) atoms. The number of nitrogens with two attached hydrogens (primary N) is 1. The predicted molar refractivity (Wildman–Crippen MR) is 53.2 cm³/mol. The summed E-state index contributed by atoms with van der Waals surface area (Å²) in [6.07, 6.45) is 4.56. The Bertz CT molecular complexity index is 211. The zero-order chi connectivity index (χ0) is 9.68. The van der Waals surface area contributed by atoms with Crippen LogP contribution < -0.4 is 5.73 Å². The minimum absolute atomic E-state index is 0.245. The minimum atomic E-state index is 0.245. The van der Waals surface area contributed by atoms with Crippen LogP contribution in [-0.4, -0.2) is 30.4 Å². The van der Waals surface area contributed by atoms with Gasteiger partial charge in [0.05, 0.1) is 0 Å². The Morgan fingerprint density at radius 1 is 1.69 bits per heavy atom. The summed E-state index contributed by atoms with van der Waals surface area (Å²) in [5, 5.41) is 0. The molecule has 0 aromatic heterocycles. The van der Waals surface area contributed by atoms with Crippen molar-refractivity contribution in [2.24, 2.45) is 5.73 Å². The Hall–Kier alpha value is -0.830. The monoisotopic (exact) mass is 182 g/mol. The largest absolute Gasteiger partial charge is 0.339 e.